The number of ether oxygens (including phenoxy) is 1. The SMILES string of the molecule is O=C(CSc1nc2ccc(I)cc2c(=O)n1-c1ccccc1)N1CCOCC1. The topological polar surface area (TPSA) is 64.4 Å². The zero-order chi connectivity index (χ0) is 19.5. The first-order chi connectivity index (χ1) is 13.6. The number of amides is 1. The first-order valence-corrected chi connectivity index (χ1v) is 11.0. The van der Waals surface area contributed by atoms with Gasteiger partial charge in [0.15, 0.2) is 5.16 Å². The summed E-state index contributed by atoms with van der Waals surface area (Å²) in [4.78, 5) is 32.3. The molecule has 3 aromatic rings. The van der Waals surface area contributed by atoms with Gasteiger partial charge in [0.25, 0.3) is 5.56 Å². The molecule has 1 fully saturated rings. The number of aromatic nitrogens is 2. The Morgan fingerprint density at radius 2 is 1.89 bits per heavy atom. The summed E-state index contributed by atoms with van der Waals surface area (Å²) in [7, 11) is 0. The van der Waals surface area contributed by atoms with Crippen molar-refractivity contribution in [1.82, 2.24) is 14.5 Å². The Balaban J connectivity index is 1.72. The molecule has 2 heterocycles. The van der Waals surface area contributed by atoms with E-state index >= 15 is 0 Å². The van der Waals surface area contributed by atoms with Gasteiger partial charge in [0.2, 0.25) is 5.91 Å². The summed E-state index contributed by atoms with van der Waals surface area (Å²) in [6.07, 6.45) is 0. The number of fused-ring (bicyclic) bond motifs is 1. The Morgan fingerprint density at radius 1 is 1.14 bits per heavy atom. The number of morpholine rings is 1. The molecule has 0 saturated carbocycles. The van der Waals surface area contributed by atoms with Crippen LogP contribution in [0.3, 0.4) is 0 Å². The molecule has 1 amide bonds. The van der Waals surface area contributed by atoms with E-state index in [0.717, 1.165) is 9.26 Å². The maximum atomic E-state index is 13.2. The highest BCUT2D eigenvalue weighted by molar-refractivity contribution is 14.1. The third-order valence-electron chi connectivity index (χ3n) is 4.50. The predicted octanol–water partition coefficient (Wildman–Crippen LogP) is 2.94. The fourth-order valence-electron chi connectivity index (χ4n) is 3.07. The first-order valence-electron chi connectivity index (χ1n) is 8.89. The van der Waals surface area contributed by atoms with Gasteiger partial charge in [0.05, 0.1) is 35.6 Å². The Hall–Kier alpha value is -1.91. The monoisotopic (exact) mass is 507 g/mol. The molecular weight excluding hydrogens is 489 g/mol. The zero-order valence-corrected chi connectivity index (χ0v) is 18.0. The molecule has 0 atom stereocenters. The number of hydrogen-bond donors (Lipinski definition) is 0. The van der Waals surface area contributed by atoms with Crippen molar-refractivity contribution in [2.75, 3.05) is 32.1 Å². The van der Waals surface area contributed by atoms with Crippen LogP contribution in [-0.4, -0.2) is 52.4 Å². The minimum Gasteiger partial charge on any atom is -0.378 e. The minimum absolute atomic E-state index is 0.0323. The van der Waals surface area contributed by atoms with Gasteiger partial charge < -0.3 is 9.64 Å². The molecule has 0 N–H and O–H groups in total. The molecule has 144 valence electrons. The predicted molar refractivity (Wildman–Crippen MR) is 118 cm³/mol. The number of halogens is 1. The third kappa shape index (κ3) is 4.08. The van der Waals surface area contributed by atoms with Gasteiger partial charge in [-0.1, -0.05) is 30.0 Å². The van der Waals surface area contributed by atoms with E-state index in [9.17, 15) is 9.59 Å². The van der Waals surface area contributed by atoms with Crippen molar-refractivity contribution in [3.63, 3.8) is 0 Å². The van der Waals surface area contributed by atoms with Crippen LogP contribution in [0.5, 0.6) is 0 Å². The van der Waals surface area contributed by atoms with Crippen LogP contribution in [0.25, 0.3) is 16.6 Å². The molecule has 0 aliphatic carbocycles. The molecule has 6 nitrogen and oxygen atoms in total. The molecular formula is C20H18IN3O3S. The van der Waals surface area contributed by atoms with E-state index in [1.807, 2.05) is 48.5 Å². The second-order valence-corrected chi connectivity index (χ2v) is 8.50. The maximum Gasteiger partial charge on any atom is 0.266 e. The fourth-order valence-corrected chi connectivity index (χ4v) is 4.48. The molecule has 1 aromatic heterocycles. The van der Waals surface area contributed by atoms with Crippen molar-refractivity contribution in [3.05, 3.63) is 62.5 Å². The van der Waals surface area contributed by atoms with E-state index in [1.165, 1.54) is 11.8 Å². The molecule has 28 heavy (non-hydrogen) atoms. The van der Waals surface area contributed by atoms with Gasteiger partial charge in [-0.15, -0.1) is 0 Å². The van der Waals surface area contributed by atoms with Crippen LogP contribution in [0.4, 0.5) is 0 Å². The van der Waals surface area contributed by atoms with E-state index in [-0.39, 0.29) is 17.2 Å². The average molecular weight is 507 g/mol. The molecule has 8 heteroatoms. The number of rotatable bonds is 4. The summed E-state index contributed by atoms with van der Waals surface area (Å²) in [5, 5.41) is 1.09. The Labute approximate surface area is 180 Å². The van der Waals surface area contributed by atoms with Crippen LogP contribution >= 0.6 is 34.4 Å². The van der Waals surface area contributed by atoms with Gasteiger partial charge in [-0.3, -0.25) is 14.2 Å². The lowest BCUT2D eigenvalue weighted by Crippen LogP contribution is -2.41. The van der Waals surface area contributed by atoms with E-state index in [1.54, 1.807) is 9.47 Å². The second kappa shape index (κ2) is 8.62. The Bertz CT molecular complexity index is 1070. The molecule has 0 spiro atoms. The number of thioether (sulfide) groups is 1. The molecule has 0 radical (unpaired) electrons. The van der Waals surface area contributed by atoms with Crippen molar-refractivity contribution >= 4 is 51.2 Å². The Kier molecular flexibility index (Phi) is 5.98. The van der Waals surface area contributed by atoms with Crippen LogP contribution in [0.2, 0.25) is 0 Å². The van der Waals surface area contributed by atoms with Gasteiger partial charge in [0.1, 0.15) is 0 Å². The normalized spacial score (nSPS) is 14.4. The van der Waals surface area contributed by atoms with Crippen LogP contribution in [0.15, 0.2) is 58.5 Å². The molecule has 0 unspecified atom stereocenters. The highest BCUT2D eigenvalue weighted by Crippen LogP contribution is 2.22. The number of hydrogen-bond acceptors (Lipinski definition) is 5. The van der Waals surface area contributed by atoms with Gasteiger partial charge in [-0.25, -0.2) is 4.98 Å². The van der Waals surface area contributed by atoms with Crippen LogP contribution in [0.1, 0.15) is 0 Å². The quantitative estimate of drug-likeness (QED) is 0.309. The van der Waals surface area contributed by atoms with Crippen molar-refractivity contribution in [2.45, 2.75) is 5.16 Å². The number of carbonyl (C=O) groups is 1. The van der Waals surface area contributed by atoms with E-state index in [4.69, 9.17) is 9.72 Å². The van der Waals surface area contributed by atoms with Crippen molar-refractivity contribution in [3.8, 4) is 5.69 Å². The fraction of sp³-hybridized carbons (Fsp3) is 0.250. The number of carbonyl (C=O) groups excluding carboxylic acids is 1. The maximum absolute atomic E-state index is 13.2. The molecule has 2 aromatic carbocycles. The Morgan fingerprint density at radius 3 is 2.64 bits per heavy atom. The van der Waals surface area contributed by atoms with Gasteiger partial charge >= 0.3 is 0 Å². The largest absolute Gasteiger partial charge is 0.378 e. The zero-order valence-electron chi connectivity index (χ0n) is 15.0. The third-order valence-corrected chi connectivity index (χ3v) is 6.10. The van der Waals surface area contributed by atoms with Crippen molar-refractivity contribution in [1.29, 1.82) is 0 Å². The number of para-hydroxylation sites is 1. The van der Waals surface area contributed by atoms with Crippen LogP contribution < -0.4 is 5.56 Å². The lowest BCUT2D eigenvalue weighted by molar-refractivity contribution is -0.132. The second-order valence-electron chi connectivity index (χ2n) is 6.31. The summed E-state index contributed by atoms with van der Waals surface area (Å²) in [6.45, 7) is 2.35. The first kappa shape index (κ1) is 19.4. The van der Waals surface area contributed by atoms with Crippen molar-refractivity contribution < 1.29 is 9.53 Å². The van der Waals surface area contributed by atoms with Crippen molar-refractivity contribution in [2.24, 2.45) is 0 Å². The lowest BCUT2D eigenvalue weighted by Gasteiger charge is -2.26. The summed E-state index contributed by atoms with van der Waals surface area (Å²) >= 11 is 3.48. The number of nitrogens with zero attached hydrogens (tertiary/aromatic N) is 3. The molecule has 1 aliphatic heterocycles. The molecule has 0 bridgehead atoms. The van der Waals surface area contributed by atoms with Gasteiger partial charge in [-0.05, 0) is 52.9 Å². The molecule has 1 saturated heterocycles. The molecule has 4 rings (SSSR count). The summed E-state index contributed by atoms with van der Waals surface area (Å²) in [6, 6.07) is 15.0. The van der Waals surface area contributed by atoms with Gasteiger partial charge in [0, 0.05) is 16.7 Å². The highest BCUT2D eigenvalue weighted by atomic mass is 127. The molecule has 1 aliphatic rings. The van der Waals surface area contributed by atoms with Crippen LogP contribution in [-0.2, 0) is 9.53 Å². The summed E-state index contributed by atoms with van der Waals surface area (Å²) in [5.41, 5.74) is 1.25. The smallest absolute Gasteiger partial charge is 0.266 e. The average Bonchev–Trinajstić information content (AvgIpc) is 2.74. The number of benzene rings is 2. The van der Waals surface area contributed by atoms with E-state index < -0.39 is 0 Å². The summed E-state index contributed by atoms with van der Waals surface area (Å²) < 4.78 is 7.88. The lowest BCUT2D eigenvalue weighted by atomic mass is 10.2. The van der Waals surface area contributed by atoms with E-state index in [0.29, 0.717) is 42.4 Å². The minimum atomic E-state index is -0.129. The standard InChI is InChI=1S/C20H18IN3O3S/c21-14-6-7-17-16(12-14)19(26)24(15-4-2-1-3-5-15)20(22-17)28-13-18(25)23-8-10-27-11-9-23/h1-7,12H,8-11,13H2. The van der Waals surface area contributed by atoms with E-state index in [2.05, 4.69) is 22.6 Å². The van der Waals surface area contributed by atoms with Gasteiger partial charge in [-0.2, -0.15) is 0 Å². The van der Waals surface area contributed by atoms with Crippen LogP contribution in [0, 0.1) is 3.57 Å². The summed E-state index contributed by atoms with van der Waals surface area (Å²) in [5.74, 6) is 0.264. The highest BCUT2D eigenvalue weighted by Gasteiger charge is 2.19.